The number of hydrogen-bond donors (Lipinski definition) is 1. The Morgan fingerprint density at radius 3 is 2.33 bits per heavy atom. The summed E-state index contributed by atoms with van der Waals surface area (Å²) in [5.41, 5.74) is 1.65. The predicted octanol–water partition coefficient (Wildman–Crippen LogP) is 2.59. The van der Waals surface area contributed by atoms with E-state index in [1.54, 1.807) is 15.8 Å². The maximum Gasteiger partial charge on any atom is 0.490 e. The molecule has 1 aromatic heterocycles. The van der Waals surface area contributed by atoms with Crippen molar-refractivity contribution in [1.29, 1.82) is 0 Å². The Hall–Kier alpha value is -2.99. The normalized spacial score (nSPS) is 18.7. The van der Waals surface area contributed by atoms with Crippen LogP contribution in [-0.4, -0.2) is 69.7 Å². The van der Waals surface area contributed by atoms with Gasteiger partial charge >= 0.3 is 12.1 Å². The number of carboxylic acid groups (broad SMARTS) is 1. The lowest BCUT2D eigenvalue weighted by Gasteiger charge is -2.46. The molecule has 180 valence electrons. The SMILES string of the molecule is Cn1cc(N2CC3(CCN(Cc4ccc(F)cc4)CC3)OCC2=O)cn1.O=C(O)C(F)(F)F. The molecule has 3 heterocycles. The van der Waals surface area contributed by atoms with Crippen molar-refractivity contribution in [3.63, 3.8) is 0 Å². The molecule has 2 aliphatic rings. The molecule has 0 aliphatic carbocycles. The van der Waals surface area contributed by atoms with Crippen LogP contribution in [0.25, 0.3) is 0 Å². The van der Waals surface area contributed by atoms with Gasteiger partial charge in [-0.25, -0.2) is 9.18 Å². The molecular formula is C21H24F4N4O4. The number of amides is 1. The number of halogens is 4. The second kappa shape index (κ2) is 9.87. The third-order valence-corrected chi connectivity index (χ3v) is 5.58. The summed E-state index contributed by atoms with van der Waals surface area (Å²) in [5.74, 6) is -2.98. The second-order valence-electron chi connectivity index (χ2n) is 8.03. The number of rotatable bonds is 3. The van der Waals surface area contributed by atoms with Gasteiger partial charge in [0.05, 0.1) is 24.0 Å². The number of ether oxygens (including phenoxy) is 1. The zero-order valence-electron chi connectivity index (χ0n) is 17.9. The number of aryl methyl sites for hydroxylation is 1. The number of carbonyl (C=O) groups excluding carboxylic acids is 1. The van der Waals surface area contributed by atoms with E-state index in [0.717, 1.165) is 43.7 Å². The van der Waals surface area contributed by atoms with E-state index >= 15 is 0 Å². The number of alkyl halides is 3. The van der Waals surface area contributed by atoms with Crippen molar-refractivity contribution in [2.24, 2.45) is 7.05 Å². The standard InChI is InChI=1S/C19H23FN4O2.C2HF3O2/c1-22-12-17(10-21-22)24-14-19(26-13-18(24)25)6-8-23(9-7-19)11-15-2-4-16(20)5-3-15;3-2(4,5)1(6)7/h2-5,10,12H,6-9,11,13-14H2,1H3;(H,6,7). The number of aliphatic carboxylic acids is 1. The van der Waals surface area contributed by atoms with Crippen molar-refractivity contribution in [3.05, 3.63) is 48.0 Å². The quantitative estimate of drug-likeness (QED) is 0.691. The van der Waals surface area contributed by atoms with Crippen molar-refractivity contribution in [3.8, 4) is 0 Å². The first-order valence-electron chi connectivity index (χ1n) is 10.2. The van der Waals surface area contributed by atoms with Crippen molar-refractivity contribution in [1.82, 2.24) is 14.7 Å². The average molecular weight is 472 g/mol. The summed E-state index contributed by atoms with van der Waals surface area (Å²) in [6.45, 7) is 3.29. The van der Waals surface area contributed by atoms with E-state index in [4.69, 9.17) is 14.6 Å². The zero-order valence-corrected chi connectivity index (χ0v) is 17.9. The van der Waals surface area contributed by atoms with Gasteiger partial charge in [0.15, 0.2) is 0 Å². The van der Waals surface area contributed by atoms with Crippen molar-refractivity contribution in [2.45, 2.75) is 31.2 Å². The lowest BCUT2D eigenvalue weighted by Crippen LogP contribution is -2.58. The summed E-state index contributed by atoms with van der Waals surface area (Å²) in [7, 11) is 1.85. The third kappa shape index (κ3) is 6.51. The first-order valence-corrected chi connectivity index (χ1v) is 10.2. The predicted molar refractivity (Wildman–Crippen MR) is 109 cm³/mol. The van der Waals surface area contributed by atoms with Gasteiger partial charge in [-0.05, 0) is 30.5 Å². The minimum absolute atomic E-state index is 0.0163. The van der Waals surface area contributed by atoms with Crippen molar-refractivity contribution >= 4 is 17.6 Å². The van der Waals surface area contributed by atoms with Crippen LogP contribution >= 0.6 is 0 Å². The molecule has 2 aliphatic heterocycles. The zero-order chi connectivity index (χ0) is 24.2. The molecule has 2 saturated heterocycles. The number of carbonyl (C=O) groups is 2. The smallest absolute Gasteiger partial charge is 0.475 e. The van der Waals surface area contributed by atoms with Crippen LogP contribution in [0.15, 0.2) is 36.7 Å². The van der Waals surface area contributed by atoms with Crippen LogP contribution < -0.4 is 4.90 Å². The fraction of sp³-hybridized carbons (Fsp3) is 0.476. The van der Waals surface area contributed by atoms with Gasteiger partial charge in [-0.15, -0.1) is 0 Å². The van der Waals surface area contributed by atoms with Crippen molar-refractivity contribution < 1.29 is 37.0 Å². The molecule has 0 unspecified atom stereocenters. The van der Waals surface area contributed by atoms with Crippen LogP contribution in [0.1, 0.15) is 18.4 Å². The van der Waals surface area contributed by atoms with E-state index in [2.05, 4.69) is 10.00 Å². The lowest BCUT2D eigenvalue weighted by atomic mass is 9.89. The van der Waals surface area contributed by atoms with Gasteiger partial charge in [0, 0.05) is 32.9 Å². The molecule has 33 heavy (non-hydrogen) atoms. The van der Waals surface area contributed by atoms with E-state index in [1.807, 2.05) is 25.4 Å². The summed E-state index contributed by atoms with van der Waals surface area (Å²) in [6.07, 6.45) is 0.248. The van der Waals surface area contributed by atoms with Gasteiger partial charge in [0.2, 0.25) is 0 Å². The Bertz CT molecular complexity index is 969. The summed E-state index contributed by atoms with van der Waals surface area (Å²) in [6, 6.07) is 6.67. The molecule has 12 heteroatoms. The fourth-order valence-electron chi connectivity index (χ4n) is 3.77. The highest BCUT2D eigenvalue weighted by Crippen LogP contribution is 2.33. The molecule has 0 bridgehead atoms. The van der Waals surface area contributed by atoms with Crippen LogP contribution in [0.4, 0.5) is 23.2 Å². The molecular weight excluding hydrogens is 448 g/mol. The number of piperidine rings is 1. The Labute approximate surface area is 187 Å². The van der Waals surface area contributed by atoms with E-state index in [0.29, 0.717) is 6.54 Å². The van der Waals surface area contributed by atoms with Crippen LogP contribution in [0.3, 0.4) is 0 Å². The maximum atomic E-state index is 13.0. The first-order chi connectivity index (χ1) is 15.5. The van der Waals surface area contributed by atoms with E-state index < -0.39 is 12.1 Å². The van der Waals surface area contributed by atoms with Crippen LogP contribution in [-0.2, 0) is 27.9 Å². The largest absolute Gasteiger partial charge is 0.490 e. The molecule has 1 aromatic carbocycles. The average Bonchev–Trinajstić information content (AvgIpc) is 3.19. The van der Waals surface area contributed by atoms with E-state index in [-0.39, 0.29) is 23.9 Å². The topological polar surface area (TPSA) is 87.9 Å². The summed E-state index contributed by atoms with van der Waals surface area (Å²) in [5, 5.41) is 11.3. The number of benzene rings is 1. The number of carboxylic acids is 1. The summed E-state index contributed by atoms with van der Waals surface area (Å²) < 4.78 is 52.5. The Morgan fingerprint density at radius 1 is 1.21 bits per heavy atom. The fourth-order valence-corrected chi connectivity index (χ4v) is 3.77. The molecule has 0 atom stereocenters. The Kier molecular flexibility index (Phi) is 7.38. The number of anilines is 1. The highest BCUT2D eigenvalue weighted by molar-refractivity contribution is 5.94. The molecule has 4 rings (SSSR count). The van der Waals surface area contributed by atoms with E-state index in [1.165, 1.54) is 12.1 Å². The van der Waals surface area contributed by atoms with Crippen LogP contribution in [0, 0.1) is 5.82 Å². The minimum Gasteiger partial charge on any atom is -0.475 e. The van der Waals surface area contributed by atoms with Crippen LogP contribution in [0.5, 0.6) is 0 Å². The lowest BCUT2D eigenvalue weighted by molar-refractivity contribution is -0.192. The molecule has 1 spiro atoms. The Morgan fingerprint density at radius 2 is 1.82 bits per heavy atom. The summed E-state index contributed by atoms with van der Waals surface area (Å²) >= 11 is 0. The molecule has 2 fully saturated rings. The highest BCUT2D eigenvalue weighted by atomic mass is 19.4. The highest BCUT2D eigenvalue weighted by Gasteiger charge is 2.43. The molecule has 0 saturated carbocycles. The number of aromatic nitrogens is 2. The maximum absolute atomic E-state index is 13.0. The molecule has 1 N–H and O–H groups in total. The molecule has 2 aromatic rings. The monoisotopic (exact) mass is 472 g/mol. The second-order valence-corrected chi connectivity index (χ2v) is 8.03. The number of hydrogen-bond acceptors (Lipinski definition) is 5. The number of morpholine rings is 1. The molecule has 1 amide bonds. The van der Waals surface area contributed by atoms with Gasteiger partial charge in [-0.2, -0.15) is 18.3 Å². The van der Waals surface area contributed by atoms with Gasteiger partial charge in [0.1, 0.15) is 12.4 Å². The van der Waals surface area contributed by atoms with Gasteiger partial charge in [-0.1, -0.05) is 12.1 Å². The molecule has 0 radical (unpaired) electrons. The van der Waals surface area contributed by atoms with Crippen molar-refractivity contribution in [2.75, 3.05) is 31.1 Å². The molecule has 8 nitrogen and oxygen atoms in total. The van der Waals surface area contributed by atoms with Gasteiger partial charge in [0.25, 0.3) is 5.91 Å². The number of nitrogens with zero attached hydrogens (tertiary/aromatic N) is 4. The number of likely N-dealkylation sites (tertiary alicyclic amines) is 1. The van der Waals surface area contributed by atoms with E-state index in [9.17, 15) is 22.4 Å². The minimum atomic E-state index is -5.08. The van der Waals surface area contributed by atoms with Gasteiger partial charge in [-0.3, -0.25) is 14.4 Å². The summed E-state index contributed by atoms with van der Waals surface area (Å²) in [4.78, 5) is 25.3. The third-order valence-electron chi connectivity index (χ3n) is 5.58. The first kappa shape index (κ1) is 24.6. The Balaban J connectivity index is 0.000000383. The van der Waals surface area contributed by atoms with Gasteiger partial charge < -0.3 is 14.7 Å². The van der Waals surface area contributed by atoms with Crippen LogP contribution in [0.2, 0.25) is 0 Å².